The number of ether oxygens (including phenoxy) is 1. The van der Waals surface area contributed by atoms with Gasteiger partial charge in [-0.15, -0.1) is 0 Å². The topological polar surface area (TPSA) is 111 Å². The molecule has 0 aliphatic carbocycles. The quantitative estimate of drug-likeness (QED) is 0.478. The Morgan fingerprint density at radius 2 is 1.72 bits per heavy atom. The highest BCUT2D eigenvalue weighted by Crippen LogP contribution is 2.51. The number of carboxylic acid groups (broad SMARTS) is 1. The van der Waals surface area contributed by atoms with Crippen LogP contribution in [0.15, 0.2) is 12.1 Å². The first-order valence-electron chi connectivity index (χ1n) is 5.39. The van der Waals surface area contributed by atoms with Gasteiger partial charge in [0.25, 0.3) is 0 Å². The molecule has 1 aliphatic rings. The van der Waals surface area contributed by atoms with E-state index in [2.05, 4.69) is 0 Å². The molecule has 1 aromatic carbocycles. The Morgan fingerprint density at radius 1 is 1.22 bits per heavy atom. The zero-order chi connectivity index (χ0) is 13.7. The summed E-state index contributed by atoms with van der Waals surface area (Å²) in [6, 6.07) is 2.50. The van der Waals surface area contributed by atoms with Gasteiger partial charge in [0.2, 0.25) is 0 Å². The van der Waals surface area contributed by atoms with E-state index in [-0.39, 0.29) is 0 Å². The predicted molar refractivity (Wildman–Crippen MR) is 60.5 cm³/mol. The van der Waals surface area contributed by atoms with Gasteiger partial charge in [0.05, 0.1) is 5.41 Å². The molecule has 6 heteroatoms. The predicted octanol–water partition coefficient (Wildman–Crippen LogP) is 1.35. The van der Waals surface area contributed by atoms with Gasteiger partial charge in [-0.3, -0.25) is 4.79 Å². The summed E-state index contributed by atoms with van der Waals surface area (Å²) in [4.78, 5) is 11.0. The number of aliphatic carboxylic acids is 1. The molecule has 1 fully saturated rings. The average Bonchev–Trinajstić information content (AvgIpc) is 3.05. The van der Waals surface area contributed by atoms with Gasteiger partial charge in [0.1, 0.15) is 12.2 Å². The van der Waals surface area contributed by atoms with E-state index in [1.807, 2.05) is 0 Å². The molecule has 0 radical (unpaired) electrons. The van der Waals surface area contributed by atoms with Crippen molar-refractivity contribution in [3.8, 4) is 17.2 Å². The molecule has 18 heavy (non-hydrogen) atoms. The van der Waals surface area contributed by atoms with Crippen molar-refractivity contribution in [3.63, 3.8) is 0 Å². The molecule has 2 unspecified atom stereocenters. The van der Waals surface area contributed by atoms with E-state index in [9.17, 15) is 20.1 Å². The van der Waals surface area contributed by atoms with Crippen molar-refractivity contribution in [2.45, 2.75) is 26.1 Å². The summed E-state index contributed by atoms with van der Waals surface area (Å²) in [5, 5.41) is 37.0. The molecule has 1 heterocycles. The Hall–Kier alpha value is -1.95. The van der Waals surface area contributed by atoms with Crippen LogP contribution in [0.5, 0.6) is 17.2 Å². The minimum Gasteiger partial charge on any atom is -0.504 e. The van der Waals surface area contributed by atoms with Crippen molar-refractivity contribution in [1.82, 2.24) is 0 Å². The molecular weight excluding hydrogens is 240 g/mol. The first-order valence-corrected chi connectivity index (χ1v) is 5.39. The number of rotatable bonds is 3. The number of aromatic hydroxyl groups is 3. The number of epoxide rings is 1. The minimum absolute atomic E-state index is 0.433. The third-order valence-electron chi connectivity index (χ3n) is 3.17. The molecule has 4 N–H and O–H groups in total. The Labute approximate surface area is 103 Å². The second kappa shape index (κ2) is 3.78. The second-order valence-electron chi connectivity index (χ2n) is 4.91. The Kier molecular flexibility index (Phi) is 2.62. The van der Waals surface area contributed by atoms with Gasteiger partial charge < -0.3 is 25.2 Å². The van der Waals surface area contributed by atoms with Crippen LogP contribution < -0.4 is 0 Å². The van der Waals surface area contributed by atoms with Crippen molar-refractivity contribution < 1.29 is 30.0 Å². The Balaban J connectivity index is 2.25. The van der Waals surface area contributed by atoms with Gasteiger partial charge in [0, 0.05) is 0 Å². The van der Waals surface area contributed by atoms with Crippen molar-refractivity contribution >= 4 is 5.97 Å². The SMILES string of the molecule is CC(C)(C(=O)O)C1OC1c1cc(O)c(O)c(O)c1. The molecule has 2 atom stereocenters. The van der Waals surface area contributed by atoms with Crippen molar-refractivity contribution in [2.75, 3.05) is 0 Å². The minimum atomic E-state index is -1.06. The maximum atomic E-state index is 11.0. The highest BCUT2D eigenvalue weighted by molar-refractivity contribution is 5.75. The van der Waals surface area contributed by atoms with Crippen LogP contribution in [0.3, 0.4) is 0 Å². The molecule has 0 saturated carbocycles. The Bertz CT molecular complexity index is 484. The molecule has 0 bridgehead atoms. The normalized spacial score (nSPS) is 22.8. The fraction of sp³-hybridized carbons (Fsp3) is 0.417. The number of phenolic OH excluding ortho intramolecular Hbond substituents is 3. The zero-order valence-corrected chi connectivity index (χ0v) is 9.91. The van der Waals surface area contributed by atoms with Crippen LogP contribution in [-0.2, 0) is 9.53 Å². The summed E-state index contributed by atoms with van der Waals surface area (Å²) < 4.78 is 5.29. The summed E-state index contributed by atoms with van der Waals surface area (Å²) >= 11 is 0. The van der Waals surface area contributed by atoms with Gasteiger partial charge in [0.15, 0.2) is 17.2 Å². The molecule has 2 rings (SSSR count). The first kappa shape index (κ1) is 12.5. The maximum absolute atomic E-state index is 11.0. The molecule has 6 nitrogen and oxygen atoms in total. The van der Waals surface area contributed by atoms with E-state index in [0.29, 0.717) is 5.56 Å². The lowest BCUT2D eigenvalue weighted by Gasteiger charge is -2.15. The van der Waals surface area contributed by atoms with Crippen molar-refractivity contribution in [3.05, 3.63) is 17.7 Å². The Morgan fingerprint density at radius 3 is 2.17 bits per heavy atom. The number of hydrogen-bond donors (Lipinski definition) is 4. The maximum Gasteiger partial charge on any atom is 0.311 e. The van der Waals surface area contributed by atoms with E-state index < -0.39 is 40.8 Å². The van der Waals surface area contributed by atoms with Gasteiger partial charge in [-0.25, -0.2) is 0 Å². The van der Waals surface area contributed by atoms with E-state index in [1.165, 1.54) is 12.1 Å². The van der Waals surface area contributed by atoms with Gasteiger partial charge in [-0.2, -0.15) is 0 Å². The lowest BCUT2D eigenvalue weighted by Crippen LogP contribution is -2.30. The number of phenols is 3. The molecule has 0 amide bonds. The van der Waals surface area contributed by atoms with Crippen LogP contribution in [0.4, 0.5) is 0 Å². The number of carbonyl (C=O) groups is 1. The summed E-state index contributed by atoms with van der Waals surface area (Å²) in [6.07, 6.45) is -1.04. The largest absolute Gasteiger partial charge is 0.504 e. The lowest BCUT2D eigenvalue weighted by atomic mass is 9.86. The lowest BCUT2D eigenvalue weighted by molar-refractivity contribution is -0.147. The molecule has 98 valence electrons. The summed E-state index contributed by atoms with van der Waals surface area (Å²) in [5.74, 6) is -2.52. The smallest absolute Gasteiger partial charge is 0.311 e. The van der Waals surface area contributed by atoms with Crippen LogP contribution in [0.1, 0.15) is 25.5 Å². The number of carboxylic acids is 1. The number of benzene rings is 1. The summed E-state index contributed by atoms with van der Waals surface area (Å²) in [7, 11) is 0. The molecule has 1 saturated heterocycles. The zero-order valence-electron chi connectivity index (χ0n) is 9.91. The fourth-order valence-electron chi connectivity index (χ4n) is 1.83. The summed E-state index contributed by atoms with van der Waals surface area (Å²) in [6.45, 7) is 3.08. The first-order chi connectivity index (χ1) is 8.25. The van der Waals surface area contributed by atoms with Crippen LogP contribution >= 0.6 is 0 Å². The van der Waals surface area contributed by atoms with Gasteiger partial charge in [-0.1, -0.05) is 0 Å². The van der Waals surface area contributed by atoms with Crippen LogP contribution in [0.2, 0.25) is 0 Å². The molecule has 0 spiro atoms. The van der Waals surface area contributed by atoms with Crippen LogP contribution in [0, 0.1) is 5.41 Å². The molecule has 1 aliphatic heterocycles. The third-order valence-corrected chi connectivity index (χ3v) is 3.17. The number of hydrogen-bond acceptors (Lipinski definition) is 5. The van der Waals surface area contributed by atoms with Crippen LogP contribution in [-0.4, -0.2) is 32.5 Å². The molecule has 0 aromatic heterocycles. The second-order valence-corrected chi connectivity index (χ2v) is 4.91. The standard InChI is InChI=1S/C12H14O6/c1-12(2,11(16)17)10-9(18-10)5-3-6(13)8(15)7(14)4-5/h3-4,9-10,13-15H,1-2H3,(H,16,17). The van der Waals surface area contributed by atoms with Gasteiger partial charge in [-0.05, 0) is 31.5 Å². The highest BCUT2D eigenvalue weighted by atomic mass is 16.6. The monoisotopic (exact) mass is 254 g/mol. The van der Waals surface area contributed by atoms with Gasteiger partial charge >= 0.3 is 5.97 Å². The average molecular weight is 254 g/mol. The molecule has 1 aromatic rings. The van der Waals surface area contributed by atoms with Crippen molar-refractivity contribution in [1.29, 1.82) is 0 Å². The van der Waals surface area contributed by atoms with Crippen molar-refractivity contribution in [2.24, 2.45) is 5.41 Å². The highest BCUT2D eigenvalue weighted by Gasteiger charge is 2.54. The third kappa shape index (κ3) is 1.84. The summed E-state index contributed by atoms with van der Waals surface area (Å²) in [5.41, 5.74) is -0.629. The van der Waals surface area contributed by atoms with E-state index in [4.69, 9.17) is 9.84 Å². The van der Waals surface area contributed by atoms with E-state index in [1.54, 1.807) is 13.8 Å². The molecular formula is C12H14O6. The fourth-order valence-corrected chi connectivity index (χ4v) is 1.83. The van der Waals surface area contributed by atoms with E-state index >= 15 is 0 Å². The van der Waals surface area contributed by atoms with E-state index in [0.717, 1.165) is 0 Å². The van der Waals surface area contributed by atoms with Crippen LogP contribution in [0.25, 0.3) is 0 Å².